The molecule has 1 aliphatic heterocycles. The first-order valence-corrected chi connectivity index (χ1v) is 12.9. The molecule has 40 heavy (non-hydrogen) atoms. The second-order valence-electron chi connectivity index (χ2n) is 9.63. The number of aryl methyl sites for hydroxylation is 1. The summed E-state index contributed by atoms with van der Waals surface area (Å²) in [5.41, 5.74) is 3.75. The Hall–Kier alpha value is -4.97. The van der Waals surface area contributed by atoms with Crippen LogP contribution in [0.2, 0.25) is 0 Å². The van der Waals surface area contributed by atoms with Crippen molar-refractivity contribution in [2.45, 2.75) is 32.2 Å². The molecule has 0 aromatic heterocycles. The molecule has 0 fully saturated rings. The molecule has 2 unspecified atom stereocenters. The maximum absolute atomic E-state index is 13.4. The molecule has 0 radical (unpaired) electrons. The summed E-state index contributed by atoms with van der Waals surface area (Å²) in [6.07, 6.45) is 0.365. The number of carboxylic acids is 1. The highest BCUT2D eigenvalue weighted by Crippen LogP contribution is 2.28. The van der Waals surface area contributed by atoms with E-state index in [1.807, 2.05) is 67.6 Å². The largest absolute Gasteiger partial charge is 0.481 e. The lowest BCUT2D eigenvalue weighted by Gasteiger charge is -2.24. The molecular weight excluding hydrogens is 508 g/mol. The van der Waals surface area contributed by atoms with Crippen LogP contribution in [-0.2, 0) is 32.1 Å². The van der Waals surface area contributed by atoms with E-state index in [4.69, 9.17) is 16.4 Å². The zero-order valence-electron chi connectivity index (χ0n) is 22.1. The number of carbonyl (C=O) groups excluding carboxylic acids is 2. The van der Waals surface area contributed by atoms with Crippen LogP contribution in [0, 0.1) is 12.5 Å². The average molecular weight is 539 g/mol. The van der Waals surface area contributed by atoms with Gasteiger partial charge in [-0.15, -0.1) is 5.10 Å². The number of carbonyl (C=O) groups is 3. The number of nitrogens with zero attached hydrogens (tertiary/aromatic N) is 3. The molecule has 204 valence electrons. The standard InChI is InChI=1S/C31H30N4O5/c1-21(18-32-2)29(30(39)33-26-10-6-7-22(17-26)13-16-28(37)38)24-14-11-23(12-15-24)19-35-27(36)20-40-31(34-35)25-8-4-3-5-9-25/h3-12,14-15,17,21,29H,13,16,18-20H2,1H3,(H,33,39)(H,37,38). The molecule has 0 saturated heterocycles. The van der Waals surface area contributed by atoms with Gasteiger partial charge in [-0.2, -0.15) is 0 Å². The molecule has 0 saturated carbocycles. The smallest absolute Gasteiger partial charge is 0.303 e. The van der Waals surface area contributed by atoms with Crippen LogP contribution in [0.3, 0.4) is 0 Å². The van der Waals surface area contributed by atoms with E-state index >= 15 is 0 Å². The monoisotopic (exact) mass is 538 g/mol. The summed E-state index contributed by atoms with van der Waals surface area (Å²) in [4.78, 5) is 40.3. The van der Waals surface area contributed by atoms with Crippen molar-refractivity contribution in [3.05, 3.63) is 113 Å². The Kier molecular flexibility index (Phi) is 9.26. The third-order valence-corrected chi connectivity index (χ3v) is 6.58. The van der Waals surface area contributed by atoms with Crippen LogP contribution in [0.4, 0.5) is 5.69 Å². The number of hydrogen-bond donors (Lipinski definition) is 2. The summed E-state index contributed by atoms with van der Waals surface area (Å²) in [6.45, 7) is 9.51. The molecule has 1 heterocycles. The van der Waals surface area contributed by atoms with Crippen molar-refractivity contribution < 1.29 is 24.2 Å². The number of hydrazone groups is 1. The van der Waals surface area contributed by atoms with Crippen molar-refractivity contribution in [3.63, 3.8) is 0 Å². The maximum Gasteiger partial charge on any atom is 0.303 e. The molecule has 3 aromatic carbocycles. The van der Waals surface area contributed by atoms with Crippen molar-refractivity contribution in [1.29, 1.82) is 0 Å². The zero-order chi connectivity index (χ0) is 28.5. The van der Waals surface area contributed by atoms with Gasteiger partial charge in [0.25, 0.3) is 5.91 Å². The van der Waals surface area contributed by atoms with Gasteiger partial charge in [-0.25, -0.2) is 11.6 Å². The molecular formula is C31H30N4O5. The van der Waals surface area contributed by atoms with Crippen molar-refractivity contribution >= 4 is 29.4 Å². The lowest BCUT2D eigenvalue weighted by molar-refractivity contribution is -0.137. The normalized spacial score (nSPS) is 14.3. The van der Waals surface area contributed by atoms with E-state index in [2.05, 4.69) is 15.3 Å². The summed E-state index contributed by atoms with van der Waals surface area (Å²) >= 11 is 0. The highest BCUT2D eigenvalue weighted by Gasteiger charge is 2.29. The summed E-state index contributed by atoms with van der Waals surface area (Å²) in [7, 11) is 0. The average Bonchev–Trinajstić information content (AvgIpc) is 2.95. The molecule has 4 rings (SSSR count). The molecule has 0 aliphatic carbocycles. The van der Waals surface area contributed by atoms with E-state index in [9.17, 15) is 14.4 Å². The first-order chi connectivity index (χ1) is 19.3. The van der Waals surface area contributed by atoms with Crippen molar-refractivity contribution in [2.24, 2.45) is 11.0 Å². The van der Waals surface area contributed by atoms with Gasteiger partial charge in [0.15, 0.2) is 6.61 Å². The van der Waals surface area contributed by atoms with Gasteiger partial charge in [-0.3, -0.25) is 14.4 Å². The van der Waals surface area contributed by atoms with Crippen LogP contribution in [0.5, 0.6) is 0 Å². The van der Waals surface area contributed by atoms with Gasteiger partial charge in [0, 0.05) is 23.6 Å². The number of hydrogen-bond acceptors (Lipinski definition) is 5. The number of ether oxygens (including phenoxy) is 1. The van der Waals surface area contributed by atoms with Crippen molar-refractivity contribution in [2.75, 3.05) is 18.5 Å². The molecule has 0 bridgehead atoms. The predicted molar refractivity (Wildman–Crippen MR) is 150 cm³/mol. The number of anilines is 1. The van der Waals surface area contributed by atoms with Gasteiger partial charge >= 0.3 is 5.97 Å². The van der Waals surface area contributed by atoms with Gasteiger partial charge < -0.3 is 20.0 Å². The number of aliphatic carboxylic acids is 1. The number of rotatable bonds is 11. The lowest BCUT2D eigenvalue weighted by Crippen LogP contribution is -2.36. The first-order valence-electron chi connectivity index (χ1n) is 12.9. The Balaban J connectivity index is 1.50. The zero-order valence-corrected chi connectivity index (χ0v) is 22.1. The van der Waals surface area contributed by atoms with Crippen molar-refractivity contribution in [3.8, 4) is 0 Å². The van der Waals surface area contributed by atoms with E-state index in [-0.39, 0.29) is 43.8 Å². The fraction of sp³-hybridized carbons (Fsp3) is 0.258. The topological polar surface area (TPSA) is 113 Å². The third-order valence-electron chi connectivity index (χ3n) is 6.58. The Morgan fingerprint density at radius 1 is 1.07 bits per heavy atom. The van der Waals surface area contributed by atoms with Gasteiger partial charge in [0.1, 0.15) is 0 Å². The Bertz CT molecular complexity index is 1430. The maximum atomic E-state index is 13.4. The molecule has 9 nitrogen and oxygen atoms in total. The number of benzene rings is 3. The first kappa shape index (κ1) is 28.0. The van der Waals surface area contributed by atoms with Gasteiger partial charge in [0.05, 0.1) is 12.5 Å². The SMILES string of the molecule is [C-]#[N+]CC(C)C(C(=O)Nc1cccc(CCC(=O)O)c1)c1ccc(CN2N=C(c3ccccc3)OCC2=O)cc1. The second kappa shape index (κ2) is 13.2. The number of amides is 2. The van der Waals surface area contributed by atoms with E-state index in [1.165, 1.54) is 5.01 Å². The molecule has 2 N–H and O–H groups in total. The minimum atomic E-state index is -0.882. The highest BCUT2D eigenvalue weighted by molar-refractivity contribution is 5.98. The summed E-state index contributed by atoms with van der Waals surface area (Å²) in [5, 5.41) is 17.7. The Labute approximate surface area is 232 Å². The van der Waals surface area contributed by atoms with E-state index in [0.717, 1.165) is 22.3 Å². The van der Waals surface area contributed by atoms with Crippen LogP contribution in [0.15, 0.2) is 84.0 Å². The minimum Gasteiger partial charge on any atom is -0.481 e. The van der Waals surface area contributed by atoms with Crippen LogP contribution < -0.4 is 5.32 Å². The van der Waals surface area contributed by atoms with E-state index in [1.54, 1.807) is 18.2 Å². The Morgan fingerprint density at radius 2 is 1.82 bits per heavy atom. The minimum absolute atomic E-state index is 0.00331. The molecule has 3 aromatic rings. The summed E-state index contributed by atoms with van der Waals surface area (Å²) in [5.74, 6) is -1.84. The second-order valence-corrected chi connectivity index (χ2v) is 9.63. The molecule has 1 aliphatic rings. The van der Waals surface area contributed by atoms with Gasteiger partial charge in [0.2, 0.25) is 18.3 Å². The Morgan fingerprint density at radius 3 is 2.52 bits per heavy atom. The highest BCUT2D eigenvalue weighted by atomic mass is 16.5. The van der Waals surface area contributed by atoms with Crippen LogP contribution >= 0.6 is 0 Å². The number of carboxylic acid groups (broad SMARTS) is 1. The van der Waals surface area contributed by atoms with Crippen LogP contribution in [0.1, 0.15) is 41.5 Å². The summed E-state index contributed by atoms with van der Waals surface area (Å²) in [6, 6.07) is 23.9. The van der Waals surface area contributed by atoms with Gasteiger partial charge in [-0.05, 0) is 47.4 Å². The van der Waals surface area contributed by atoms with Crippen LogP contribution in [0.25, 0.3) is 4.85 Å². The third kappa shape index (κ3) is 7.32. The predicted octanol–water partition coefficient (Wildman–Crippen LogP) is 4.70. The molecule has 0 spiro atoms. The van der Waals surface area contributed by atoms with Crippen LogP contribution in [-0.4, -0.2) is 46.9 Å². The molecule has 2 amide bonds. The van der Waals surface area contributed by atoms with E-state index in [0.29, 0.717) is 18.0 Å². The molecule has 9 heteroatoms. The van der Waals surface area contributed by atoms with Gasteiger partial charge in [-0.1, -0.05) is 61.5 Å². The lowest BCUT2D eigenvalue weighted by atomic mass is 9.86. The fourth-order valence-corrected chi connectivity index (χ4v) is 4.51. The fourth-order valence-electron chi connectivity index (χ4n) is 4.51. The quantitative estimate of drug-likeness (QED) is 0.344. The molecule has 2 atom stereocenters. The number of nitrogens with one attached hydrogen (secondary N) is 1. The van der Waals surface area contributed by atoms with Crippen molar-refractivity contribution in [1.82, 2.24) is 5.01 Å². The summed E-state index contributed by atoms with van der Waals surface area (Å²) < 4.78 is 5.51. The van der Waals surface area contributed by atoms with E-state index < -0.39 is 11.9 Å².